The van der Waals surface area contributed by atoms with Crippen LogP contribution in [0.3, 0.4) is 0 Å². The maximum atomic E-state index is 11.8. The number of halogens is 1. The van der Waals surface area contributed by atoms with Gasteiger partial charge in [0.15, 0.2) is 5.96 Å². The predicted octanol–water partition coefficient (Wildman–Crippen LogP) is 0.839. The maximum absolute atomic E-state index is 11.8. The van der Waals surface area contributed by atoms with Crippen LogP contribution in [0.2, 0.25) is 0 Å². The lowest BCUT2D eigenvalue weighted by atomic mass is 10.1. The number of carbonyl (C=O) groups is 1. The SMILES string of the molecule is NC(N)=NC(=O)C1=Cc2cc(N)cc(I)c2OCC1. The van der Waals surface area contributed by atoms with Crippen LogP contribution in [0.15, 0.2) is 22.7 Å². The fourth-order valence-corrected chi connectivity index (χ4v) is 2.60. The smallest absolute Gasteiger partial charge is 0.276 e. The predicted molar refractivity (Wildman–Crippen MR) is 82.5 cm³/mol. The number of guanidine groups is 1. The molecular weight excluding hydrogens is 359 g/mol. The third-order valence-electron chi connectivity index (χ3n) is 2.55. The Hall–Kier alpha value is -1.77. The monoisotopic (exact) mass is 372 g/mol. The number of hydrogen-bond acceptors (Lipinski definition) is 3. The molecule has 0 saturated heterocycles. The summed E-state index contributed by atoms with van der Waals surface area (Å²) < 4.78 is 6.54. The first-order valence-corrected chi connectivity index (χ1v) is 6.61. The summed E-state index contributed by atoms with van der Waals surface area (Å²) >= 11 is 2.14. The van der Waals surface area contributed by atoms with Crippen LogP contribution < -0.4 is 21.9 Å². The molecule has 0 aromatic heterocycles. The molecule has 1 aromatic carbocycles. The van der Waals surface area contributed by atoms with Gasteiger partial charge in [0, 0.05) is 23.2 Å². The van der Waals surface area contributed by atoms with Crippen LogP contribution in [0.5, 0.6) is 5.75 Å². The fraction of sp³-hybridized carbons (Fsp3) is 0.167. The molecule has 0 atom stereocenters. The van der Waals surface area contributed by atoms with Crippen LogP contribution in [0.25, 0.3) is 6.08 Å². The molecule has 0 unspecified atom stereocenters. The van der Waals surface area contributed by atoms with E-state index in [1.54, 1.807) is 12.1 Å². The molecule has 7 heteroatoms. The molecule has 100 valence electrons. The van der Waals surface area contributed by atoms with E-state index in [-0.39, 0.29) is 5.96 Å². The highest BCUT2D eigenvalue weighted by atomic mass is 127. The normalized spacial score (nSPS) is 13.6. The lowest BCUT2D eigenvalue weighted by Crippen LogP contribution is -2.24. The molecule has 1 amide bonds. The summed E-state index contributed by atoms with van der Waals surface area (Å²) in [6.45, 7) is 0.393. The van der Waals surface area contributed by atoms with Gasteiger partial charge in [-0.15, -0.1) is 0 Å². The van der Waals surface area contributed by atoms with Crippen molar-refractivity contribution in [1.82, 2.24) is 0 Å². The van der Waals surface area contributed by atoms with Crippen LogP contribution in [-0.4, -0.2) is 18.5 Å². The van der Waals surface area contributed by atoms with E-state index < -0.39 is 5.91 Å². The summed E-state index contributed by atoms with van der Waals surface area (Å²) in [6, 6.07) is 3.57. The molecule has 0 saturated carbocycles. The van der Waals surface area contributed by atoms with E-state index in [0.29, 0.717) is 24.3 Å². The molecule has 1 aliphatic heterocycles. The van der Waals surface area contributed by atoms with Crippen molar-refractivity contribution in [3.05, 3.63) is 26.8 Å². The summed E-state index contributed by atoms with van der Waals surface area (Å²) in [4.78, 5) is 15.4. The highest BCUT2D eigenvalue weighted by Crippen LogP contribution is 2.33. The molecule has 0 aliphatic carbocycles. The number of anilines is 1. The van der Waals surface area contributed by atoms with E-state index in [0.717, 1.165) is 14.9 Å². The van der Waals surface area contributed by atoms with Crippen molar-refractivity contribution in [3.63, 3.8) is 0 Å². The van der Waals surface area contributed by atoms with Crippen molar-refractivity contribution in [1.29, 1.82) is 0 Å². The number of nitrogen functional groups attached to an aromatic ring is 1. The van der Waals surface area contributed by atoms with Crippen LogP contribution in [-0.2, 0) is 4.79 Å². The zero-order chi connectivity index (χ0) is 14.0. The van der Waals surface area contributed by atoms with Crippen molar-refractivity contribution in [2.24, 2.45) is 16.5 Å². The first kappa shape index (κ1) is 13.7. The van der Waals surface area contributed by atoms with Crippen molar-refractivity contribution >= 4 is 46.2 Å². The van der Waals surface area contributed by atoms with E-state index in [1.165, 1.54) is 0 Å². The van der Waals surface area contributed by atoms with Gasteiger partial charge in [-0.25, -0.2) is 0 Å². The second kappa shape index (κ2) is 5.47. The number of nitrogens with two attached hydrogens (primary N) is 3. The summed E-state index contributed by atoms with van der Waals surface area (Å²) in [5.74, 6) is 0.0228. The minimum atomic E-state index is -0.450. The highest BCUT2D eigenvalue weighted by Gasteiger charge is 2.17. The van der Waals surface area contributed by atoms with Gasteiger partial charge in [-0.05, 0) is 40.8 Å². The van der Waals surface area contributed by atoms with Gasteiger partial charge in [-0.2, -0.15) is 4.99 Å². The molecule has 1 heterocycles. The topological polar surface area (TPSA) is 117 Å². The molecule has 0 fully saturated rings. The average molecular weight is 372 g/mol. The molecule has 1 aliphatic rings. The van der Waals surface area contributed by atoms with Crippen molar-refractivity contribution in [2.45, 2.75) is 6.42 Å². The highest BCUT2D eigenvalue weighted by molar-refractivity contribution is 14.1. The third kappa shape index (κ3) is 3.16. The molecule has 6 nitrogen and oxygen atoms in total. The number of nitrogens with zero attached hydrogens (tertiary/aromatic N) is 1. The summed E-state index contributed by atoms with van der Waals surface area (Å²) in [7, 11) is 0. The Kier molecular flexibility index (Phi) is 3.93. The Balaban J connectivity index is 2.46. The Morgan fingerprint density at radius 1 is 1.37 bits per heavy atom. The first-order valence-electron chi connectivity index (χ1n) is 5.53. The number of rotatable bonds is 1. The lowest BCUT2D eigenvalue weighted by Gasteiger charge is -2.09. The van der Waals surface area contributed by atoms with Gasteiger partial charge in [-0.1, -0.05) is 0 Å². The zero-order valence-corrected chi connectivity index (χ0v) is 12.2. The Labute approximate surface area is 123 Å². The standard InChI is InChI=1S/C12H13IN4O2/c13-9-5-8(14)4-7-3-6(1-2-19-10(7)9)11(18)17-12(15)16/h3-5H,1-2,14H2,(H4,15,16,17,18). The molecule has 1 aromatic rings. The van der Waals surface area contributed by atoms with Crippen molar-refractivity contribution in [2.75, 3.05) is 12.3 Å². The number of amides is 1. The number of carbonyl (C=O) groups excluding carboxylic acids is 1. The number of fused-ring (bicyclic) bond motifs is 1. The molecule has 0 bridgehead atoms. The van der Waals surface area contributed by atoms with Crippen LogP contribution in [0.4, 0.5) is 5.69 Å². The molecule has 6 N–H and O–H groups in total. The maximum Gasteiger partial charge on any atom is 0.276 e. The Morgan fingerprint density at radius 2 is 2.11 bits per heavy atom. The van der Waals surface area contributed by atoms with Crippen molar-refractivity contribution in [3.8, 4) is 5.75 Å². The molecule has 0 spiro atoms. The quantitative estimate of drug-likeness (QED) is 0.292. The van der Waals surface area contributed by atoms with Crippen LogP contribution in [0, 0.1) is 3.57 Å². The zero-order valence-electron chi connectivity index (χ0n) is 10.0. The van der Waals surface area contributed by atoms with Gasteiger partial charge < -0.3 is 21.9 Å². The van der Waals surface area contributed by atoms with E-state index >= 15 is 0 Å². The second-order valence-corrected chi connectivity index (χ2v) is 5.19. The average Bonchev–Trinajstić information content (AvgIpc) is 2.50. The molecule has 2 rings (SSSR count). The summed E-state index contributed by atoms with van der Waals surface area (Å²) in [5, 5.41) is 0. The van der Waals surface area contributed by atoms with E-state index in [4.69, 9.17) is 21.9 Å². The summed E-state index contributed by atoms with van der Waals surface area (Å²) in [5.41, 5.74) is 18.1. The van der Waals surface area contributed by atoms with Gasteiger partial charge in [0.25, 0.3) is 5.91 Å². The molecule has 0 radical (unpaired) electrons. The number of benzene rings is 1. The number of hydrogen-bond donors (Lipinski definition) is 3. The van der Waals surface area contributed by atoms with Gasteiger partial charge >= 0.3 is 0 Å². The third-order valence-corrected chi connectivity index (χ3v) is 3.35. The fourth-order valence-electron chi connectivity index (χ4n) is 1.78. The number of ether oxygens (including phenoxy) is 1. The van der Waals surface area contributed by atoms with Gasteiger partial charge in [0.05, 0.1) is 10.2 Å². The van der Waals surface area contributed by atoms with Crippen LogP contribution >= 0.6 is 22.6 Å². The van der Waals surface area contributed by atoms with E-state index in [9.17, 15) is 4.79 Å². The Bertz CT molecular complexity index is 592. The molecular formula is C12H13IN4O2. The van der Waals surface area contributed by atoms with Crippen molar-refractivity contribution < 1.29 is 9.53 Å². The van der Waals surface area contributed by atoms with E-state index in [2.05, 4.69) is 27.6 Å². The number of aliphatic imine (C=N–C) groups is 1. The van der Waals surface area contributed by atoms with Gasteiger partial charge in [0.2, 0.25) is 0 Å². The molecule has 19 heavy (non-hydrogen) atoms. The van der Waals surface area contributed by atoms with E-state index in [1.807, 2.05) is 6.07 Å². The minimum absolute atomic E-state index is 0.251. The lowest BCUT2D eigenvalue weighted by molar-refractivity contribution is -0.114. The summed E-state index contributed by atoms with van der Waals surface area (Å²) in [6.07, 6.45) is 2.16. The second-order valence-electron chi connectivity index (χ2n) is 4.03. The Morgan fingerprint density at radius 3 is 2.79 bits per heavy atom. The van der Waals surface area contributed by atoms with Gasteiger partial charge in [-0.3, -0.25) is 4.79 Å². The largest absolute Gasteiger partial charge is 0.491 e. The van der Waals surface area contributed by atoms with Crippen LogP contribution in [0.1, 0.15) is 12.0 Å². The first-order chi connectivity index (χ1) is 8.97. The van der Waals surface area contributed by atoms with Gasteiger partial charge in [0.1, 0.15) is 5.75 Å². The minimum Gasteiger partial charge on any atom is -0.491 e.